The minimum Gasteiger partial charge on any atom is -0.493 e. The van der Waals surface area contributed by atoms with E-state index in [0.717, 1.165) is 50.5 Å². The van der Waals surface area contributed by atoms with Crippen molar-refractivity contribution >= 4 is 11.9 Å². The number of ether oxygens (including phenoxy) is 4. The highest BCUT2D eigenvalue weighted by molar-refractivity contribution is 5.83. The van der Waals surface area contributed by atoms with E-state index in [4.69, 9.17) is 39.4 Å². The zero-order chi connectivity index (χ0) is 33.7. The van der Waals surface area contributed by atoms with E-state index < -0.39 is 24.1 Å². The molecule has 3 atom stereocenters. The number of carboxylic acid groups (broad SMARTS) is 2. The van der Waals surface area contributed by atoms with Crippen molar-refractivity contribution in [2.24, 2.45) is 0 Å². The Hall–Kier alpha value is -4.00. The van der Waals surface area contributed by atoms with Gasteiger partial charge in [0.2, 0.25) is 0 Å². The van der Waals surface area contributed by atoms with Gasteiger partial charge in [0, 0.05) is 13.1 Å². The molecule has 250 valence electrons. The SMILES string of the molecule is CCC1(CCN(C)CCOC(c2ccccc2)c2ccccc2)OCCc2cc(OC)c(OC)cc21.O=C(O)C(O)C(O)C(=O)O. The van der Waals surface area contributed by atoms with E-state index in [1.165, 1.54) is 22.3 Å². The molecule has 3 aromatic rings. The zero-order valence-electron chi connectivity index (χ0n) is 26.8. The standard InChI is InChI=1S/C31H39NO4.C4H6O6/c1-5-31(27-23-29(34-4)28(33-3)22-26(27)16-20-36-31)17-18-32(2)19-21-35-30(24-12-8-6-9-13-24)25-14-10-7-11-15-25;5-1(3(7)8)2(6)4(9)10/h6-15,22-23,30H,5,16-21H2,1-4H3;1-2,5-6H,(H,7,8)(H,9,10). The van der Waals surface area contributed by atoms with Crippen molar-refractivity contribution in [3.05, 3.63) is 95.1 Å². The molecule has 11 heteroatoms. The number of rotatable bonds is 15. The molecule has 1 heterocycles. The summed E-state index contributed by atoms with van der Waals surface area (Å²) in [6.45, 7) is 5.33. The lowest BCUT2D eigenvalue weighted by molar-refractivity contribution is -0.165. The third-order valence-corrected chi connectivity index (χ3v) is 8.09. The summed E-state index contributed by atoms with van der Waals surface area (Å²) in [5.74, 6) is -2.00. The van der Waals surface area contributed by atoms with Crippen LogP contribution in [0.1, 0.15) is 48.1 Å². The van der Waals surface area contributed by atoms with Crippen molar-refractivity contribution in [3.8, 4) is 11.5 Å². The average Bonchev–Trinajstić information content (AvgIpc) is 3.08. The van der Waals surface area contributed by atoms with Gasteiger partial charge in [0.25, 0.3) is 0 Å². The molecule has 11 nitrogen and oxygen atoms in total. The maximum atomic E-state index is 9.77. The summed E-state index contributed by atoms with van der Waals surface area (Å²) in [7, 11) is 5.53. The maximum absolute atomic E-state index is 9.77. The van der Waals surface area contributed by atoms with E-state index in [-0.39, 0.29) is 11.7 Å². The van der Waals surface area contributed by atoms with E-state index in [1.807, 2.05) is 12.1 Å². The molecule has 3 unspecified atom stereocenters. The minimum absolute atomic E-state index is 0.0706. The number of hydrogen-bond acceptors (Lipinski definition) is 9. The van der Waals surface area contributed by atoms with Crippen LogP contribution < -0.4 is 9.47 Å². The summed E-state index contributed by atoms with van der Waals surface area (Å²) in [6.07, 6.45) is -1.90. The second-order valence-electron chi connectivity index (χ2n) is 11.0. The Labute approximate surface area is 269 Å². The van der Waals surface area contributed by atoms with Crippen LogP contribution in [0.2, 0.25) is 0 Å². The minimum atomic E-state index is -2.27. The Balaban J connectivity index is 0.000000498. The van der Waals surface area contributed by atoms with Gasteiger partial charge in [-0.1, -0.05) is 67.6 Å². The summed E-state index contributed by atoms with van der Waals surface area (Å²) in [4.78, 5) is 21.9. The van der Waals surface area contributed by atoms with Gasteiger partial charge in [0.15, 0.2) is 23.7 Å². The Morgan fingerprint density at radius 3 is 1.87 bits per heavy atom. The summed E-state index contributed by atoms with van der Waals surface area (Å²) in [5, 5.41) is 32.5. The van der Waals surface area contributed by atoms with Gasteiger partial charge in [-0.3, -0.25) is 0 Å². The van der Waals surface area contributed by atoms with Crippen LogP contribution in [0.25, 0.3) is 0 Å². The number of benzene rings is 3. The lowest BCUT2D eigenvalue weighted by atomic mass is 9.81. The Bertz CT molecular complexity index is 1330. The largest absolute Gasteiger partial charge is 0.493 e. The van der Waals surface area contributed by atoms with Crippen molar-refractivity contribution in [2.45, 2.75) is 50.1 Å². The molecule has 0 saturated heterocycles. The van der Waals surface area contributed by atoms with Crippen LogP contribution in [0.15, 0.2) is 72.8 Å². The number of aliphatic hydroxyl groups is 2. The monoisotopic (exact) mass is 639 g/mol. The first-order valence-corrected chi connectivity index (χ1v) is 15.2. The van der Waals surface area contributed by atoms with Gasteiger partial charge < -0.3 is 44.3 Å². The molecule has 1 aliphatic heterocycles. The molecule has 4 rings (SSSR count). The molecule has 0 aromatic heterocycles. The summed E-state index contributed by atoms with van der Waals surface area (Å²) in [5.41, 5.74) is 4.55. The molecule has 3 aromatic carbocycles. The first-order chi connectivity index (χ1) is 22.1. The summed E-state index contributed by atoms with van der Waals surface area (Å²) in [6, 6.07) is 25.1. The third kappa shape index (κ3) is 9.51. The van der Waals surface area contributed by atoms with Gasteiger partial charge in [-0.05, 0) is 60.7 Å². The maximum Gasteiger partial charge on any atom is 0.335 e. The molecule has 0 fully saturated rings. The van der Waals surface area contributed by atoms with Crippen LogP contribution in [-0.2, 0) is 31.1 Å². The fourth-order valence-electron chi connectivity index (χ4n) is 5.38. The van der Waals surface area contributed by atoms with Gasteiger partial charge >= 0.3 is 11.9 Å². The Morgan fingerprint density at radius 1 is 0.870 bits per heavy atom. The lowest BCUT2D eigenvalue weighted by Gasteiger charge is -2.40. The van der Waals surface area contributed by atoms with Crippen LogP contribution in [0.3, 0.4) is 0 Å². The second-order valence-corrected chi connectivity index (χ2v) is 11.0. The van der Waals surface area contributed by atoms with Gasteiger partial charge in [-0.25, -0.2) is 9.59 Å². The quantitative estimate of drug-likeness (QED) is 0.191. The van der Waals surface area contributed by atoms with Gasteiger partial charge in [0.1, 0.15) is 6.10 Å². The van der Waals surface area contributed by atoms with Gasteiger partial charge in [-0.2, -0.15) is 0 Å². The topological polar surface area (TPSA) is 155 Å². The molecule has 0 spiro atoms. The van der Waals surface area contributed by atoms with E-state index >= 15 is 0 Å². The predicted octanol–water partition coefficient (Wildman–Crippen LogP) is 3.89. The van der Waals surface area contributed by atoms with Crippen molar-refractivity contribution in [1.82, 2.24) is 4.90 Å². The molecular formula is C35H45NO10. The summed E-state index contributed by atoms with van der Waals surface area (Å²) >= 11 is 0. The Morgan fingerprint density at radius 2 is 1.39 bits per heavy atom. The molecule has 0 amide bonds. The van der Waals surface area contributed by atoms with E-state index in [0.29, 0.717) is 6.61 Å². The number of nitrogens with zero attached hydrogens (tertiary/aromatic N) is 1. The third-order valence-electron chi connectivity index (χ3n) is 8.09. The van der Waals surface area contributed by atoms with Crippen molar-refractivity contribution in [1.29, 1.82) is 0 Å². The zero-order valence-corrected chi connectivity index (χ0v) is 26.8. The number of carboxylic acids is 2. The summed E-state index contributed by atoms with van der Waals surface area (Å²) < 4.78 is 24.1. The predicted molar refractivity (Wildman–Crippen MR) is 171 cm³/mol. The molecule has 0 saturated carbocycles. The van der Waals surface area contributed by atoms with Crippen LogP contribution in [0.5, 0.6) is 11.5 Å². The van der Waals surface area contributed by atoms with Gasteiger partial charge in [0.05, 0.1) is 33.0 Å². The molecule has 0 aliphatic carbocycles. The number of fused-ring (bicyclic) bond motifs is 1. The average molecular weight is 640 g/mol. The highest BCUT2D eigenvalue weighted by Gasteiger charge is 2.37. The van der Waals surface area contributed by atoms with Gasteiger partial charge in [-0.15, -0.1) is 0 Å². The first kappa shape index (κ1) is 36.5. The van der Waals surface area contributed by atoms with Crippen LogP contribution in [-0.4, -0.2) is 97.0 Å². The molecular weight excluding hydrogens is 594 g/mol. The fourth-order valence-corrected chi connectivity index (χ4v) is 5.38. The van der Waals surface area contributed by atoms with E-state index in [1.54, 1.807) is 14.2 Å². The highest BCUT2D eigenvalue weighted by Crippen LogP contribution is 2.43. The number of aliphatic carboxylic acids is 2. The number of hydrogen-bond donors (Lipinski definition) is 4. The molecule has 1 aliphatic rings. The highest BCUT2D eigenvalue weighted by atomic mass is 16.5. The molecule has 0 radical (unpaired) electrons. The van der Waals surface area contributed by atoms with Crippen LogP contribution >= 0.6 is 0 Å². The van der Waals surface area contributed by atoms with Crippen LogP contribution in [0, 0.1) is 0 Å². The fraction of sp³-hybridized carbons (Fsp3) is 0.429. The number of methoxy groups -OCH3 is 2. The molecule has 0 bridgehead atoms. The first-order valence-electron chi connectivity index (χ1n) is 15.2. The number of aliphatic hydroxyl groups excluding tert-OH is 2. The normalized spacial score (nSPS) is 17.0. The van der Waals surface area contributed by atoms with Crippen molar-refractivity contribution in [2.75, 3.05) is 47.6 Å². The number of carbonyl (C=O) groups is 2. The van der Waals surface area contributed by atoms with Crippen molar-refractivity contribution in [3.63, 3.8) is 0 Å². The Kier molecular flexibility index (Phi) is 14.0. The number of likely N-dealkylation sites (N-methyl/N-ethyl adjacent to an activating group) is 1. The second kappa shape index (κ2) is 17.6. The van der Waals surface area contributed by atoms with Crippen LogP contribution in [0.4, 0.5) is 0 Å². The molecule has 46 heavy (non-hydrogen) atoms. The van der Waals surface area contributed by atoms with Crippen molar-refractivity contribution < 1.29 is 49.0 Å². The van der Waals surface area contributed by atoms with E-state index in [9.17, 15) is 9.59 Å². The lowest BCUT2D eigenvalue weighted by Crippen LogP contribution is -2.39. The molecule has 4 N–H and O–H groups in total. The van der Waals surface area contributed by atoms with E-state index in [2.05, 4.69) is 79.5 Å². The smallest absolute Gasteiger partial charge is 0.335 e.